The lowest BCUT2D eigenvalue weighted by Gasteiger charge is -2.20. The Bertz CT molecular complexity index is 488. The summed E-state index contributed by atoms with van der Waals surface area (Å²) in [6, 6.07) is 3.96. The molecule has 2 rings (SSSR count). The van der Waals surface area contributed by atoms with Gasteiger partial charge in [0, 0.05) is 0 Å². The van der Waals surface area contributed by atoms with Crippen molar-refractivity contribution in [3.05, 3.63) is 23.8 Å². The molecule has 68 valence electrons. The maximum Gasteiger partial charge on any atom is 0.343 e. The third-order valence-electron chi connectivity index (χ3n) is 1.67. The van der Waals surface area contributed by atoms with Crippen molar-refractivity contribution in [2.75, 3.05) is 0 Å². The van der Waals surface area contributed by atoms with Crippen LogP contribution in [0.3, 0.4) is 0 Å². The van der Waals surface area contributed by atoms with Crippen LogP contribution in [0.25, 0.3) is 0 Å². The van der Waals surface area contributed by atoms with Crippen LogP contribution >= 0.6 is 0 Å². The molecule has 1 aliphatic rings. The minimum absolute atomic E-state index is 0.0626. The van der Waals surface area contributed by atoms with E-state index in [2.05, 4.69) is 4.18 Å². The summed E-state index contributed by atoms with van der Waals surface area (Å²) in [5.41, 5.74) is -0.132. The number of carboxylic acid groups (broad SMARTS) is 1. The van der Waals surface area contributed by atoms with E-state index in [0.717, 1.165) is 0 Å². The van der Waals surface area contributed by atoms with Gasteiger partial charge in [-0.25, -0.2) is 4.79 Å². The van der Waals surface area contributed by atoms with Crippen LogP contribution in [-0.2, 0) is 10.1 Å². The zero-order chi connectivity index (χ0) is 9.64. The van der Waals surface area contributed by atoms with Crippen LogP contribution in [0.5, 0.6) is 5.75 Å². The highest BCUT2D eigenvalue weighted by molar-refractivity contribution is 7.88. The first-order chi connectivity index (χ1) is 6.02. The molecule has 0 unspecified atom stereocenters. The van der Waals surface area contributed by atoms with E-state index in [1.807, 2.05) is 0 Å². The summed E-state index contributed by atoms with van der Waals surface area (Å²) in [5.74, 6) is -1.28. The van der Waals surface area contributed by atoms with Gasteiger partial charge in [-0.1, -0.05) is 6.07 Å². The van der Waals surface area contributed by atoms with Crippen LogP contribution in [0.2, 0.25) is 0 Å². The first kappa shape index (κ1) is 8.06. The molecular weight excluding hydrogens is 196 g/mol. The fourth-order valence-electron chi connectivity index (χ4n) is 1.09. The smallest absolute Gasteiger partial charge is 0.343 e. The molecule has 0 aliphatic carbocycles. The molecule has 6 heteroatoms. The van der Waals surface area contributed by atoms with Crippen LogP contribution < -0.4 is 4.18 Å². The molecular formula is C7H4O5S. The van der Waals surface area contributed by atoms with Gasteiger partial charge in [0.05, 0.1) is 0 Å². The summed E-state index contributed by atoms with van der Waals surface area (Å²) >= 11 is 0. The second-order valence-corrected chi connectivity index (χ2v) is 3.99. The van der Waals surface area contributed by atoms with Gasteiger partial charge in [0.15, 0.2) is 10.6 Å². The number of rotatable bonds is 1. The molecule has 0 saturated carbocycles. The third kappa shape index (κ3) is 0.988. The molecule has 0 bridgehead atoms. The van der Waals surface area contributed by atoms with E-state index in [0.29, 0.717) is 0 Å². The van der Waals surface area contributed by atoms with Crippen molar-refractivity contribution in [1.29, 1.82) is 0 Å². The van der Waals surface area contributed by atoms with Crippen molar-refractivity contribution < 1.29 is 22.5 Å². The van der Waals surface area contributed by atoms with Crippen LogP contribution in [0, 0.1) is 0 Å². The van der Waals surface area contributed by atoms with E-state index in [1.54, 1.807) is 0 Å². The predicted octanol–water partition coefficient (Wildman–Crippen LogP) is 0.466. The van der Waals surface area contributed by atoms with Crippen molar-refractivity contribution in [3.63, 3.8) is 0 Å². The van der Waals surface area contributed by atoms with Crippen molar-refractivity contribution in [2.24, 2.45) is 0 Å². The monoisotopic (exact) mass is 200 g/mol. The van der Waals surface area contributed by atoms with Gasteiger partial charge in [0.1, 0.15) is 5.56 Å². The number of benzene rings is 1. The van der Waals surface area contributed by atoms with Crippen molar-refractivity contribution >= 4 is 16.1 Å². The summed E-state index contributed by atoms with van der Waals surface area (Å²) in [6.45, 7) is 0. The molecule has 0 aromatic heterocycles. The average molecular weight is 200 g/mol. The van der Waals surface area contributed by atoms with Gasteiger partial charge in [0.2, 0.25) is 0 Å². The maximum absolute atomic E-state index is 10.9. The molecule has 5 nitrogen and oxygen atoms in total. The molecule has 1 aliphatic heterocycles. The Kier molecular flexibility index (Phi) is 1.38. The van der Waals surface area contributed by atoms with Crippen LogP contribution in [0.1, 0.15) is 10.4 Å². The molecule has 1 aromatic carbocycles. The first-order valence-electron chi connectivity index (χ1n) is 3.33. The fourth-order valence-corrected chi connectivity index (χ4v) is 2.08. The molecule has 0 amide bonds. The van der Waals surface area contributed by atoms with Gasteiger partial charge in [-0.3, -0.25) is 0 Å². The highest BCUT2D eigenvalue weighted by Crippen LogP contribution is 2.38. The first-order valence-corrected chi connectivity index (χ1v) is 4.74. The van der Waals surface area contributed by atoms with E-state index in [4.69, 9.17) is 5.11 Å². The summed E-state index contributed by atoms with van der Waals surface area (Å²) < 4.78 is 26.1. The van der Waals surface area contributed by atoms with E-state index in [-0.39, 0.29) is 16.2 Å². The second kappa shape index (κ2) is 2.23. The van der Waals surface area contributed by atoms with Crippen molar-refractivity contribution in [2.45, 2.75) is 4.90 Å². The van der Waals surface area contributed by atoms with Gasteiger partial charge < -0.3 is 9.29 Å². The Hall–Kier alpha value is -1.56. The lowest BCUT2D eigenvalue weighted by Crippen LogP contribution is -2.23. The van der Waals surface area contributed by atoms with E-state index in [9.17, 15) is 13.2 Å². The van der Waals surface area contributed by atoms with Crippen molar-refractivity contribution in [3.8, 4) is 5.75 Å². The number of para-hydroxylation sites is 1. The number of carboxylic acids is 1. The van der Waals surface area contributed by atoms with Gasteiger partial charge >= 0.3 is 16.1 Å². The van der Waals surface area contributed by atoms with Crippen LogP contribution in [-0.4, -0.2) is 19.5 Å². The molecule has 1 aromatic rings. The topological polar surface area (TPSA) is 80.7 Å². The quantitative estimate of drug-likeness (QED) is 0.666. The van der Waals surface area contributed by atoms with E-state index in [1.165, 1.54) is 18.2 Å². The zero-order valence-corrected chi connectivity index (χ0v) is 7.04. The number of fused-ring (bicyclic) bond motifs is 1. The number of hydrogen-bond acceptors (Lipinski definition) is 4. The summed E-state index contributed by atoms with van der Waals surface area (Å²) in [6.07, 6.45) is 0. The molecule has 0 saturated heterocycles. The Morgan fingerprint density at radius 1 is 1.38 bits per heavy atom. The van der Waals surface area contributed by atoms with Crippen LogP contribution in [0.15, 0.2) is 23.1 Å². The Morgan fingerprint density at radius 2 is 2.08 bits per heavy atom. The van der Waals surface area contributed by atoms with Crippen molar-refractivity contribution in [1.82, 2.24) is 0 Å². The highest BCUT2D eigenvalue weighted by Gasteiger charge is 2.36. The minimum atomic E-state index is -3.66. The highest BCUT2D eigenvalue weighted by atomic mass is 32.2. The molecule has 1 heterocycles. The van der Waals surface area contributed by atoms with Crippen LogP contribution in [0.4, 0.5) is 0 Å². The summed E-state index contributed by atoms with van der Waals surface area (Å²) in [7, 11) is -3.66. The molecule has 1 N–H and O–H groups in total. The average Bonchev–Trinajstić information content (AvgIpc) is 2.02. The van der Waals surface area contributed by atoms with Gasteiger partial charge in [-0.2, -0.15) is 8.42 Å². The van der Waals surface area contributed by atoms with Gasteiger partial charge in [-0.15, -0.1) is 0 Å². The Balaban J connectivity index is 2.69. The molecule has 0 atom stereocenters. The normalized spacial score (nSPS) is 16.6. The molecule has 0 fully saturated rings. The minimum Gasteiger partial charge on any atom is -0.478 e. The maximum atomic E-state index is 10.9. The number of hydrogen-bond donors (Lipinski definition) is 1. The predicted molar refractivity (Wildman–Crippen MR) is 41.2 cm³/mol. The standard InChI is InChI=1S/C7H4O5S/c8-7(9)4-2-1-3-5-6(4)12-13(5,10)11/h1-3H,(H,8,9). The van der Waals surface area contributed by atoms with E-state index < -0.39 is 16.1 Å². The molecule has 13 heavy (non-hydrogen) atoms. The van der Waals surface area contributed by atoms with E-state index >= 15 is 0 Å². The lowest BCUT2D eigenvalue weighted by atomic mass is 10.2. The van der Waals surface area contributed by atoms with Gasteiger partial charge in [-0.05, 0) is 12.1 Å². The Labute approximate surface area is 73.7 Å². The number of carbonyl (C=O) groups is 1. The second-order valence-electron chi connectivity index (χ2n) is 2.48. The van der Waals surface area contributed by atoms with Gasteiger partial charge in [0.25, 0.3) is 0 Å². The largest absolute Gasteiger partial charge is 0.478 e. The summed E-state index contributed by atoms with van der Waals surface area (Å²) in [4.78, 5) is 10.5. The SMILES string of the molecule is O=C(O)c1cccc2c1OS2(=O)=O. The zero-order valence-electron chi connectivity index (χ0n) is 6.22. The molecule has 0 radical (unpaired) electrons. The fraction of sp³-hybridized carbons (Fsp3) is 0. The lowest BCUT2D eigenvalue weighted by molar-refractivity contribution is 0.0694. The number of aromatic carboxylic acids is 1. The third-order valence-corrected chi connectivity index (χ3v) is 2.92. The Morgan fingerprint density at radius 3 is 2.62 bits per heavy atom. The molecule has 0 spiro atoms. The summed E-state index contributed by atoms with van der Waals surface area (Å²) in [5, 5.41) is 8.62.